The average Bonchev–Trinajstić information content (AvgIpc) is 2.79. The fraction of sp³-hybridized carbons (Fsp3) is 0.250. The van der Waals surface area contributed by atoms with Crippen LogP contribution in [0.15, 0.2) is 24.3 Å². The Bertz CT molecular complexity index is 1050. The second-order valence-corrected chi connectivity index (χ2v) is 7.76. The van der Waals surface area contributed by atoms with Gasteiger partial charge in [-0.05, 0) is 37.4 Å². The summed E-state index contributed by atoms with van der Waals surface area (Å²) in [6.45, 7) is 2.82. The number of ether oxygens (including phenoxy) is 1. The zero-order valence-corrected chi connectivity index (χ0v) is 15.1. The molecule has 0 atom stereocenters. The Morgan fingerprint density at radius 3 is 2.67 bits per heavy atom. The molecule has 0 aromatic heterocycles. The van der Waals surface area contributed by atoms with Crippen molar-refractivity contribution in [2.75, 3.05) is 10.8 Å². The standard InChI is InChI=1S/C16H16FN3O6S/c1-8(2)18-16(23)26-10-4-3-9-5-12(21)15(14(17)11(9)6-10)20-7-13(22)19-27(20,24)25/h3-6,8,21H,7H2,1-2H3,(H,18,23)(H,19,22). The van der Waals surface area contributed by atoms with Crippen molar-refractivity contribution >= 4 is 38.7 Å². The van der Waals surface area contributed by atoms with Gasteiger partial charge in [0.25, 0.3) is 5.91 Å². The number of aromatic hydroxyl groups is 1. The molecule has 0 unspecified atom stereocenters. The summed E-state index contributed by atoms with van der Waals surface area (Å²) in [5.41, 5.74) is -0.662. The second-order valence-electron chi connectivity index (χ2n) is 6.17. The first-order chi connectivity index (χ1) is 12.6. The summed E-state index contributed by atoms with van der Waals surface area (Å²) in [5, 5.41) is 12.8. The van der Waals surface area contributed by atoms with Crippen molar-refractivity contribution in [3.63, 3.8) is 0 Å². The van der Waals surface area contributed by atoms with Crippen LogP contribution in [0, 0.1) is 5.82 Å². The molecular formula is C16H16FN3O6S. The highest BCUT2D eigenvalue weighted by Gasteiger charge is 2.37. The largest absolute Gasteiger partial charge is 0.506 e. The van der Waals surface area contributed by atoms with E-state index in [2.05, 4.69) is 5.32 Å². The Kier molecular flexibility index (Phi) is 4.56. The molecule has 1 heterocycles. The van der Waals surface area contributed by atoms with E-state index in [4.69, 9.17) is 4.74 Å². The summed E-state index contributed by atoms with van der Waals surface area (Å²) >= 11 is 0. The maximum absolute atomic E-state index is 15.0. The third kappa shape index (κ3) is 3.58. The predicted molar refractivity (Wildman–Crippen MR) is 94.3 cm³/mol. The van der Waals surface area contributed by atoms with E-state index in [1.165, 1.54) is 18.2 Å². The lowest BCUT2D eigenvalue weighted by Crippen LogP contribution is -2.32. The first kappa shape index (κ1) is 18.7. The Morgan fingerprint density at radius 2 is 2.07 bits per heavy atom. The van der Waals surface area contributed by atoms with Crippen LogP contribution in [0.25, 0.3) is 10.8 Å². The summed E-state index contributed by atoms with van der Waals surface area (Å²) in [7, 11) is -4.31. The normalized spacial score (nSPS) is 15.9. The molecule has 0 radical (unpaired) electrons. The number of benzene rings is 2. The zero-order chi connectivity index (χ0) is 19.9. The SMILES string of the molecule is CC(C)NC(=O)Oc1ccc2cc(O)c(N3CC(=O)NS3(=O)=O)c(F)c2c1. The van der Waals surface area contributed by atoms with Gasteiger partial charge in [0.2, 0.25) is 0 Å². The molecule has 3 rings (SSSR count). The lowest BCUT2D eigenvalue weighted by atomic mass is 10.1. The maximum Gasteiger partial charge on any atom is 0.412 e. The highest BCUT2D eigenvalue weighted by Crippen LogP contribution is 2.39. The lowest BCUT2D eigenvalue weighted by Gasteiger charge is -2.18. The number of carbonyl (C=O) groups excluding carboxylic acids is 2. The molecule has 1 aliphatic heterocycles. The van der Waals surface area contributed by atoms with Crippen molar-refractivity contribution in [3.05, 3.63) is 30.1 Å². The van der Waals surface area contributed by atoms with E-state index in [1.807, 2.05) is 0 Å². The highest BCUT2D eigenvalue weighted by molar-refractivity contribution is 7.92. The van der Waals surface area contributed by atoms with Crippen LogP contribution in [0.3, 0.4) is 0 Å². The molecule has 9 nitrogen and oxygen atoms in total. The summed E-state index contributed by atoms with van der Waals surface area (Å²) in [6.07, 6.45) is -0.735. The minimum Gasteiger partial charge on any atom is -0.506 e. The third-order valence-corrected chi connectivity index (χ3v) is 5.07. The molecule has 0 saturated carbocycles. The van der Waals surface area contributed by atoms with Gasteiger partial charge in [0.15, 0.2) is 5.82 Å². The number of halogens is 1. The molecule has 2 amide bonds. The molecule has 1 fully saturated rings. The minimum atomic E-state index is -4.31. The number of fused-ring (bicyclic) bond motifs is 1. The van der Waals surface area contributed by atoms with E-state index in [-0.39, 0.29) is 22.6 Å². The van der Waals surface area contributed by atoms with E-state index in [0.29, 0.717) is 4.31 Å². The van der Waals surface area contributed by atoms with E-state index in [0.717, 1.165) is 6.07 Å². The van der Waals surface area contributed by atoms with Crippen molar-refractivity contribution < 1.29 is 32.2 Å². The smallest absolute Gasteiger partial charge is 0.412 e. The third-order valence-electron chi connectivity index (χ3n) is 3.69. The van der Waals surface area contributed by atoms with Gasteiger partial charge in [0, 0.05) is 11.4 Å². The first-order valence-electron chi connectivity index (χ1n) is 7.85. The van der Waals surface area contributed by atoms with Gasteiger partial charge in [0.1, 0.15) is 23.7 Å². The molecule has 0 aliphatic carbocycles. The van der Waals surface area contributed by atoms with Crippen LogP contribution >= 0.6 is 0 Å². The number of anilines is 1. The van der Waals surface area contributed by atoms with Gasteiger partial charge in [-0.3, -0.25) is 4.79 Å². The monoisotopic (exact) mass is 397 g/mol. The van der Waals surface area contributed by atoms with E-state index in [1.54, 1.807) is 18.6 Å². The lowest BCUT2D eigenvalue weighted by molar-refractivity contribution is -0.117. The number of nitrogens with one attached hydrogen (secondary N) is 2. The summed E-state index contributed by atoms with van der Waals surface area (Å²) in [4.78, 5) is 23.1. The molecule has 0 bridgehead atoms. The van der Waals surface area contributed by atoms with Gasteiger partial charge in [-0.2, -0.15) is 8.42 Å². The molecule has 1 aliphatic rings. The van der Waals surface area contributed by atoms with E-state index < -0.39 is 46.0 Å². The number of phenolic OH excluding ortho intramolecular Hbond substituents is 1. The van der Waals surface area contributed by atoms with Crippen LogP contribution in [0.4, 0.5) is 14.9 Å². The number of nitrogens with zero attached hydrogens (tertiary/aromatic N) is 1. The molecule has 2 aromatic carbocycles. The zero-order valence-electron chi connectivity index (χ0n) is 14.3. The number of hydrogen-bond acceptors (Lipinski definition) is 6. The Labute approximate surface area is 153 Å². The van der Waals surface area contributed by atoms with Gasteiger partial charge in [-0.1, -0.05) is 6.07 Å². The maximum atomic E-state index is 15.0. The van der Waals surface area contributed by atoms with Crippen molar-refractivity contribution in [2.24, 2.45) is 0 Å². The molecule has 2 aromatic rings. The second kappa shape index (κ2) is 6.58. The Morgan fingerprint density at radius 1 is 1.37 bits per heavy atom. The number of phenols is 1. The molecule has 27 heavy (non-hydrogen) atoms. The Balaban J connectivity index is 2.07. The molecule has 0 spiro atoms. The molecule has 144 valence electrons. The first-order valence-corrected chi connectivity index (χ1v) is 9.29. The molecule has 1 saturated heterocycles. The molecule has 11 heteroatoms. The predicted octanol–water partition coefficient (Wildman–Crippen LogP) is 1.36. The van der Waals surface area contributed by atoms with Crippen LogP contribution in [-0.4, -0.2) is 38.1 Å². The van der Waals surface area contributed by atoms with Crippen LogP contribution in [0.2, 0.25) is 0 Å². The fourth-order valence-corrected chi connectivity index (χ4v) is 3.79. The molecular weight excluding hydrogens is 381 g/mol. The van der Waals surface area contributed by atoms with Crippen LogP contribution in [0.1, 0.15) is 13.8 Å². The number of amides is 2. The van der Waals surface area contributed by atoms with Crippen molar-refractivity contribution in [1.82, 2.24) is 10.0 Å². The topological polar surface area (TPSA) is 125 Å². The summed E-state index contributed by atoms with van der Waals surface area (Å²) in [6, 6.07) is 5.00. The number of rotatable bonds is 3. The quantitative estimate of drug-likeness (QED) is 0.718. The van der Waals surface area contributed by atoms with E-state index in [9.17, 15) is 23.1 Å². The van der Waals surface area contributed by atoms with Crippen molar-refractivity contribution in [2.45, 2.75) is 19.9 Å². The number of hydrogen-bond donors (Lipinski definition) is 3. The number of carbonyl (C=O) groups is 2. The van der Waals surface area contributed by atoms with Gasteiger partial charge < -0.3 is 15.2 Å². The highest BCUT2D eigenvalue weighted by atomic mass is 32.2. The van der Waals surface area contributed by atoms with Gasteiger partial charge in [-0.25, -0.2) is 18.2 Å². The minimum absolute atomic E-state index is 0.0228. The van der Waals surface area contributed by atoms with Gasteiger partial charge >= 0.3 is 16.3 Å². The fourth-order valence-electron chi connectivity index (χ4n) is 2.63. The molecule has 3 N–H and O–H groups in total. The van der Waals surface area contributed by atoms with Gasteiger partial charge in [0.05, 0.1) is 0 Å². The summed E-state index contributed by atoms with van der Waals surface area (Å²) < 4.78 is 46.2. The van der Waals surface area contributed by atoms with Crippen molar-refractivity contribution in [3.8, 4) is 11.5 Å². The van der Waals surface area contributed by atoms with E-state index >= 15 is 4.39 Å². The van der Waals surface area contributed by atoms with Crippen LogP contribution in [-0.2, 0) is 15.0 Å². The van der Waals surface area contributed by atoms with Crippen LogP contribution in [0.5, 0.6) is 11.5 Å². The Hall–Kier alpha value is -3.08. The van der Waals surface area contributed by atoms with Gasteiger partial charge in [-0.15, -0.1) is 0 Å². The average molecular weight is 397 g/mol. The van der Waals surface area contributed by atoms with Crippen LogP contribution < -0.4 is 19.1 Å². The van der Waals surface area contributed by atoms with Crippen molar-refractivity contribution in [1.29, 1.82) is 0 Å². The summed E-state index contributed by atoms with van der Waals surface area (Å²) in [5.74, 6) is -2.54.